The lowest BCUT2D eigenvalue weighted by atomic mass is 9.97. The van der Waals surface area contributed by atoms with Crippen LogP contribution < -0.4 is 5.32 Å². The second-order valence-electron chi connectivity index (χ2n) is 6.70. The minimum atomic E-state index is -1.28. The summed E-state index contributed by atoms with van der Waals surface area (Å²) in [6, 6.07) is 1.75. The van der Waals surface area contributed by atoms with E-state index >= 15 is 0 Å². The van der Waals surface area contributed by atoms with Gasteiger partial charge in [-0.05, 0) is 33.8 Å². The number of carbonyl (C=O) groups is 2. The Morgan fingerprint density at radius 3 is 2.80 bits per heavy atom. The number of esters is 1. The van der Waals surface area contributed by atoms with Crippen molar-refractivity contribution in [2.45, 2.75) is 51.9 Å². The van der Waals surface area contributed by atoms with Gasteiger partial charge in [0, 0.05) is 18.8 Å². The summed E-state index contributed by atoms with van der Waals surface area (Å²) in [5, 5.41) is 10.6. The molecule has 1 aliphatic rings. The van der Waals surface area contributed by atoms with Crippen LogP contribution in [0.3, 0.4) is 0 Å². The third kappa shape index (κ3) is 5.20. The Morgan fingerprint density at radius 2 is 2.20 bits per heavy atom. The van der Waals surface area contributed by atoms with Crippen LogP contribution >= 0.6 is 0 Å². The van der Waals surface area contributed by atoms with Gasteiger partial charge in [0.15, 0.2) is 0 Å². The maximum absolute atomic E-state index is 12.4. The standard InChI is InChI=1S/C16H24N4O5/c1-5-23-13(21)16(11-20-8-6-7-18-20)9-12(19-25-16)10-17-14(22)24-15(2,3)4/h6-8H,5,9-11H2,1-4H3,(H,17,22). The van der Waals surface area contributed by atoms with E-state index in [2.05, 4.69) is 15.6 Å². The fourth-order valence-corrected chi connectivity index (χ4v) is 2.31. The van der Waals surface area contributed by atoms with Crippen molar-refractivity contribution in [1.29, 1.82) is 0 Å². The number of alkyl carbamates (subject to hydrolysis) is 1. The van der Waals surface area contributed by atoms with Gasteiger partial charge in [0.05, 0.1) is 25.4 Å². The Labute approximate surface area is 146 Å². The van der Waals surface area contributed by atoms with Gasteiger partial charge >= 0.3 is 12.1 Å². The van der Waals surface area contributed by atoms with Crippen LogP contribution in [0.4, 0.5) is 4.79 Å². The van der Waals surface area contributed by atoms with Gasteiger partial charge in [-0.3, -0.25) is 4.68 Å². The van der Waals surface area contributed by atoms with E-state index in [1.807, 2.05) is 0 Å². The molecule has 1 aliphatic heterocycles. The SMILES string of the molecule is CCOC(=O)C1(Cn2cccn2)CC(CNC(=O)OC(C)(C)C)=NO1. The van der Waals surface area contributed by atoms with Gasteiger partial charge < -0.3 is 19.6 Å². The van der Waals surface area contributed by atoms with Crippen molar-refractivity contribution in [2.75, 3.05) is 13.2 Å². The van der Waals surface area contributed by atoms with E-state index in [9.17, 15) is 9.59 Å². The lowest BCUT2D eigenvalue weighted by Crippen LogP contribution is -2.45. The van der Waals surface area contributed by atoms with Gasteiger partial charge in [0.1, 0.15) is 5.60 Å². The van der Waals surface area contributed by atoms with E-state index in [-0.39, 0.29) is 26.1 Å². The fourth-order valence-electron chi connectivity index (χ4n) is 2.31. The molecular weight excluding hydrogens is 328 g/mol. The quantitative estimate of drug-likeness (QED) is 0.778. The molecule has 25 heavy (non-hydrogen) atoms. The Balaban J connectivity index is 1.98. The average Bonchev–Trinajstić information content (AvgIpc) is 3.15. The minimum Gasteiger partial charge on any atom is -0.463 e. The summed E-state index contributed by atoms with van der Waals surface area (Å²) in [4.78, 5) is 29.6. The highest BCUT2D eigenvalue weighted by Crippen LogP contribution is 2.27. The number of hydrogen-bond acceptors (Lipinski definition) is 7. The van der Waals surface area contributed by atoms with E-state index in [0.717, 1.165) is 0 Å². The van der Waals surface area contributed by atoms with E-state index < -0.39 is 23.3 Å². The fraction of sp³-hybridized carbons (Fsp3) is 0.625. The largest absolute Gasteiger partial charge is 0.463 e. The predicted octanol–water partition coefficient (Wildman–Crippen LogP) is 1.49. The molecule has 2 heterocycles. The Hall–Kier alpha value is -2.58. The van der Waals surface area contributed by atoms with Crippen molar-refractivity contribution < 1.29 is 23.9 Å². The molecule has 1 atom stereocenters. The normalized spacial score (nSPS) is 19.8. The molecule has 0 saturated carbocycles. The molecule has 0 bridgehead atoms. The van der Waals surface area contributed by atoms with Gasteiger partial charge in [0.2, 0.25) is 0 Å². The zero-order chi connectivity index (χ0) is 18.5. The summed E-state index contributed by atoms with van der Waals surface area (Å²) >= 11 is 0. The van der Waals surface area contributed by atoms with Crippen LogP contribution in [0, 0.1) is 0 Å². The first-order chi connectivity index (χ1) is 11.7. The Morgan fingerprint density at radius 1 is 1.44 bits per heavy atom. The van der Waals surface area contributed by atoms with E-state index in [1.54, 1.807) is 50.8 Å². The van der Waals surface area contributed by atoms with Crippen LogP contribution in [0.2, 0.25) is 0 Å². The summed E-state index contributed by atoms with van der Waals surface area (Å²) in [6.45, 7) is 7.57. The van der Waals surface area contributed by atoms with Crippen LogP contribution in [0.15, 0.2) is 23.6 Å². The number of rotatable bonds is 6. The highest BCUT2D eigenvalue weighted by Gasteiger charge is 2.48. The first-order valence-electron chi connectivity index (χ1n) is 8.09. The molecule has 1 aromatic rings. The van der Waals surface area contributed by atoms with Gasteiger partial charge in [0.25, 0.3) is 5.60 Å². The number of oxime groups is 1. The number of aromatic nitrogens is 2. The van der Waals surface area contributed by atoms with E-state index in [1.165, 1.54) is 0 Å². The number of amides is 1. The second kappa shape index (κ2) is 7.54. The molecule has 2 rings (SSSR count). The van der Waals surface area contributed by atoms with Crippen LogP contribution in [-0.2, 0) is 25.7 Å². The third-order valence-corrected chi connectivity index (χ3v) is 3.30. The smallest absolute Gasteiger partial charge is 0.407 e. The van der Waals surface area contributed by atoms with E-state index in [4.69, 9.17) is 14.3 Å². The zero-order valence-electron chi connectivity index (χ0n) is 14.9. The van der Waals surface area contributed by atoms with Crippen molar-refractivity contribution in [3.8, 4) is 0 Å². The maximum Gasteiger partial charge on any atom is 0.407 e. The molecule has 0 radical (unpaired) electrons. The molecule has 1 amide bonds. The molecule has 0 fully saturated rings. The van der Waals surface area contributed by atoms with Gasteiger partial charge in [-0.15, -0.1) is 0 Å². The molecule has 1 N–H and O–H groups in total. The van der Waals surface area contributed by atoms with Crippen LogP contribution in [0.5, 0.6) is 0 Å². The van der Waals surface area contributed by atoms with Crippen molar-refractivity contribution in [2.24, 2.45) is 5.16 Å². The van der Waals surface area contributed by atoms with Gasteiger partial charge in [-0.25, -0.2) is 9.59 Å². The monoisotopic (exact) mass is 352 g/mol. The zero-order valence-corrected chi connectivity index (χ0v) is 14.9. The molecular formula is C16H24N4O5. The molecule has 0 spiro atoms. The lowest BCUT2D eigenvalue weighted by Gasteiger charge is -2.24. The maximum atomic E-state index is 12.4. The van der Waals surface area contributed by atoms with Crippen molar-refractivity contribution >= 4 is 17.8 Å². The summed E-state index contributed by atoms with van der Waals surface area (Å²) in [5.74, 6) is -0.512. The molecule has 0 saturated heterocycles. The summed E-state index contributed by atoms with van der Waals surface area (Å²) in [5.41, 5.74) is -1.36. The van der Waals surface area contributed by atoms with Crippen molar-refractivity contribution in [3.63, 3.8) is 0 Å². The molecule has 1 unspecified atom stereocenters. The topological polar surface area (TPSA) is 104 Å². The number of carbonyl (C=O) groups excluding carboxylic acids is 2. The highest BCUT2D eigenvalue weighted by molar-refractivity contribution is 5.95. The molecule has 138 valence electrons. The Kier molecular flexibility index (Phi) is 5.66. The number of nitrogens with zero attached hydrogens (tertiary/aromatic N) is 3. The predicted molar refractivity (Wildman–Crippen MR) is 89.0 cm³/mol. The van der Waals surface area contributed by atoms with Crippen LogP contribution in [0.1, 0.15) is 34.1 Å². The first-order valence-corrected chi connectivity index (χ1v) is 8.09. The summed E-state index contributed by atoms with van der Waals surface area (Å²) < 4.78 is 11.9. The lowest BCUT2D eigenvalue weighted by molar-refractivity contribution is -0.171. The molecule has 0 aromatic carbocycles. The number of ether oxygens (including phenoxy) is 2. The second-order valence-corrected chi connectivity index (χ2v) is 6.70. The Bertz CT molecular complexity index is 635. The summed E-state index contributed by atoms with van der Waals surface area (Å²) in [7, 11) is 0. The molecule has 0 aliphatic carbocycles. The number of nitrogens with one attached hydrogen (secondary N) is 1. The van der Waals surface area contributed by atoms with Gasteiger partial charge in [-0.2, -0.15) is 5.10 Å². The molecule has 9 heteroatoms. The van der Waals surface area contributed by atoms with E-state index in [0.29, 0.717) is 5.71 Å². The average molecular weight is 352 g/mol. The molecule has 9 nitrogen and oxygen atoms in total. The first kappa shape index (κ1) is 18.8. The number of hydrogen-bond donors (Lipinski definition) is 1. The van der Waals surface area contributed by atoms with Gasteiger partial charge in [-0.1, -0.05) is 5.16 Å². The summed E-state index contributed by atoms with van der Waals surface area (Å²) in [6.07, 6.45) is 2.97. The van der Waals surface area contributed by atoms with Crippen LogP contribution in [0.25, 0.3) is 0 Å². The highest BCUT2D eigenvalue weighted by atomic mass is 16.7. The third-order valence-electron chi connectivity index (χ3n) is 3.30. The van der Waals surface area contributed by atoms with Crippen LogP contribution in [-0.4, -0.2) is 51.9 Å². The van der Waals surface area contributed by atoms with Crippen molar-refractivity contribution in [3.05, 3.63) is 18.5 Å². The van der Waals surface area contributed by atoms with Crippen molar-refractivity contribution in [1.82, 2.24) is 15.1 Å². The molecule has 1 aromatic heterocycles. The minimum absolute atomic E-state index is 0.120.